The maximum Gasteiger partial charge on any atom is 2.00 e. The third-order valence-corrected chi connectivity index (χ3v) is 0.175. The van der Waals surface area contributed by atoms with Crippen LogP contribution in [0.4, 0.5) is 0 Å². The minimum atomic E-state index is -5.14. The average Bonchev–Trinajstić information content (AvgIpc) is 1.59. The summed E-state index contributed by atoms with van der Waals surface area (Å²) < 4.78 is 8.66. The average molecular weight is 263 g/mol. The van der Waals surface area contributed by atoms with Crippen LogP contribution < -0.4 is 44.5 Å². The summed E-state index contributed by atoms with van der Waals surface area (Å²) in [5.41, 5.74) is 0. The van der Waals surface area contributed by atoms with E-state index in [-0.39, 0.29) is 46.6 Å². The largest absolute Gasteiger partial charge is 2.00 e. The topological polar surface area (TPSA) is 161 Å². The second-order valence-corrected chi connectivity index (χ2v) is 2.00. The van der Waals surface area contributed by atoms with Gasteiger partial charge in [0.05, 0.1) is 7.82 Å². The second-order valence-electron chi connectivity index (χ2n) is 1.06. The standard InChI is InChI=1S/C2H2O4.Mn.Na.H3O4P/c3-1(4)2(5)6;;;1-5(2,3)4/h(H,3,4)(H,5,6);;;(H3,1,2,3,4)/q;+2;+1;/p-3. The molecule has 0 saturated heterocycles. The molecule has 0 bridgehead atoms. The predicted molar refractivity (Wildman–Crippen MR) is 22.5 cm³/mol. The van der Waals surface area contributed by atoms with Gasteiger partial charge in [0, 0.05) is 0 Å². The van der Waals surface area contributed by atoms with E-state index in [0.717, 1.165) is 0 Å². The van der Waals surface area contributed by atoms with Crippen LogP contribution in [0.15, 0.2) is 0 Å². The maximum absolute atomic E-state index is 9.04. The van der Waals surface area contributed by atoms with E-state index in [1.54, 1.807) is 0 Å². The zero-order chi connectivity index (χ0) is 9.65. The molecule has 0 unspecified atom stereocenters. The van der Waals surface area contributed by atoms with Crippen molar-refractivity contribution in [3.63, 3.8) is 0 Å². The van der Waals surface area contributed by atoms with E-state index in [1.165, 1.54) is 0 Å². The van der Waals surface area contributed by atoms with Gasteiger partial charge >= 0.3 is 52.6 Å². The number of carbonyl (C=O) groups excluding carboxylic acids is 1. The van der Waals surface area contributed by atoms with Gasteiger partial charge in [-0.3, -0.25) is 0 Å². The van der Waals surface area contributed by atoms with Gasteiger partial charge in [-0.05, 0) is 0 Å². The molecule has 0 atom stereocenters. The molecule has 0 aliphatic rings. The zero-order valence-corrected chi connectivity index (χ0v) is 10.2. The number of rotatable bonds is 0. The van der Waals surface area contributed by atoms with Crippen molar-refractivity contribution in [3.05, 3.63) is 0 Å². The first-order chi connectivity index (χ1) is 4.64. The summed E-state index contributed by atoms with van der Waals surface area (Å²) in [5.74, 6) is -4.01. The minimum absolute atomic E-state index is 0. The summed E-state index contributed by atoms with van der Waals surface area (Å²) in [6, 6.07) is 0. The molecule has 71 valence electrons. The van der Waals surface area contributed by atoms with E-state index >= 15 is 0 Å². The third-order valence-electron chi connectivity index (χ3n) is 0.175. The van der Waals surface area contributed by atoms with Crippen LogP contribution in [0.25, 0.3) is 0 Å². The van der Waals surface area contributed by atoms with Gasteiger partial charge in [0.25, 0.3) is 0 Å². The summed E-state index contributed by atoms with van der Waals surface area (Å²) >= 11 is 0. The molecular formula is C2H2MnNaO8P. The van der Waals surface area contributed by atoms with Crippen molar-refractivity contribution in [1.29, 1.82) is 0 Å². The van der Waals surface area contributed by atoms with E-state index in [0.29, 0.717) is 0 Å². The van der Waals surface area contributed by atoms with Crippen LogP contribution in [0.5, 0.6) is 0 Å². The smallest absolute Gasteiger partial charge is 0.790 e. The Morgan fingerprint density at radius 3 is 1.31 bits per heavy atom. The molecular weight excluding hydrogens is 261 g/mol. The van der Waals surface area contributed by atoms with Crippen LogP contribution >= 0.6 is 7.82 Å². The fourth-order valence-corrected chi connectivity index (χ4v) is 0. The maximum atomic E-state index is 9.04. The van der Waals surface area contributed by atoms with E-state index < -0.39 is 19.8 Å². The SMILES string of the molecule is O=C([O-])C(=O)O.O=P([O-])([O-])O.[Mn+2].[Na+]. The Bertz CT molecular complexity index is 178. The molecule has 0 saturated carbocycles. The van der Waals surface area contributed by atoms with E-state index in [1.807, 2.05) is 0 Å². The Kier molecular flexibility index (Phi) is 19.2. The van der Waals surface area contributed by atoms with Gasteiger partial charge in [-0.25, -0.2) is 4.79 Å². The molecule has 13 heavy (non-hydrogen) atoms. The van der Waals surface area contributed by atoms with Crippen LogP contribution in [0, 0.1) is 0 Å². The Labute approximate surface area is 105 Å². The number of hydrogen-bond donors (Lipinski definition) is 2. The van der Waals surface area contributed by atoms with Crippen molar-refractivity contribution >= 4 is 19.8 Å². The normalized spacial score (nSPS) is 7.92. The Hall–Kier alpha value is 0.569. The molecule has 8 nitrogen and oxygen atoms in total. The fraction of sp³-hybridized carbons (Fsp3) is 0. The molecule has 0 aromatic heterocycles. The van der Waals surface area contributed by atoms with Gasteiger partial charge in [-0.15, -0.1) is 0 Å². The number of phosphoric acid groups is 1. The summed E-state index contributed by atoms with van der Waals surface area (Å²) in [7, 11) is -5.14. The molecule has 0 amide bonds. The molecule has 0 spiro atoms. The van der Waals surface area contributed by atoms with Gasteiger partial charge in [-0.1, -0.05) is 0 Å². The van der Waals surface area contributed by atoms with Crippen LogP contribution in [0.1, 0.15) is 0 Å². The van der Waals surface area contributed by atoms with Crippen LogP contribution in [0.2, 0.25) is 0 Å². The van der Waals surface area contributed by atoms with Crippen molar-refractivity contribution in [2.24, 2.45) is 0 Å². The first kappa shape index (κ1) is 23.4. The van der Waals surface area contributed by atoms with E-state index in [4.69, 9.17) is 39.0 Å². The van der Waals surface area contributed by atoms with E-state index in [9.17, 15) is 0 Å². The summed E-state index contributed by atoms with van der Waals surface area (Å²) in [4.78, 5) is 42.3. The number of hydrogen-bond acceptors (Lipinski definition) is 6. The van der Waals surface area contributed by atoms with Crippen LogP contribution in [-0.2, 0) is 31.2 Å². The van der Waals surface area contributed by atoms with Gasteiger partial charge in [0.1, 0.15) is 0 Å². The summed E-state index contributed by atoms with van der Waals surface area (Å²) in [6.45, 7) is 0. The van der Waals surface area contributed by atoms with Gasteiger partial charge in [0.15, 0.2) is 5.97 Å². The molecule has 0 aromatic rings. The monoisotopic (exact) mass is 263 g/mol. The first-order valence-corrected chi connectivity index (χ1v) is 3.33. The van der Waals surface area contributed by atoms with Crippen molar-refractivity contribution < 1.29 is 85.7 Å². The van der Waals surface area contributed by atoms with Crippen molar-refractivity contribution in [2.75, 3.05) is 0 Å². The summed E-state index contributed by atoms with van der Waals surface area (Å²) in [5, 5.41) is 16.3. The molecule has 0 heterocycles. The molecule has 2 N–H and O–H groups in total. The molecule has 0 aliphatic carbocycles. The molecule has 1 radical (unpaired) electrons. The van der Waals surface area contributed by atoms with Crippen LogP contribution in [0.3, 0.4) is 0 Å². The third kappa shape index (κ3) is 67.2. The van der Waals surface area contributed by atoms with E-state index in [2.05, 4.69) is 0 Å². The Morgan fingerprint density at radius 2 is 1.31 bits per heavy atom. The van der Waals surface area contributed by atoms with Gasteiger partial charge in [0.2, 0.25) is 0 Å². The van der Waals surface area contributed by atoms with Crippen LogP contribution in [-0.4, -0.2) is 21.9 Å². The first-order valence-electron chi connectivity index (χ1n) is 1.83. The van der Waals surface area contributed by atoms with Gasteiger partial charge < -0.3 is 34.3 Å². The van der Waals surface area contributed by atoms with Crippen molar-refractivity contribution in [2.45, 2.75) is 0 Å². The molecule has 0 aromatic carbocycles. The number of aliphatic carboxylic acids is 2. The Morgan fingerprint density at radius 1 is 1.23 bits per heavy atom. The zero-order valence-electron chi connectivity index (χ0n) is 6.17. The number of carbonyl (C=O) groups is 2. The minimum Gasteiger partial charge on any atom is -0.790 e. The second kappa shape index (κ2) is 10.6. The number of carboxylic acids is 2. The summed E-state index contributed by atoms with van der Waals surface area (Å²) in [6.07, 6.45) is 0. The fourth-order valence-electron chi connectivity index (χ4n) is 0. The molecule has 11 heteroatoms. The molecule has 0 fully saturated rings. The molecule has 0 rings (SSSR count). The Balaban J connectivity index is -0.0000000546. The predicted octanol–water partition coefficient (Wildman–Crippen LogP) is -7.37. The number of carboxylic acid groups (broad SMARTS) is 2. The molecule has 0 aliphatic heterocycles. The van der Waals surface area contributed by atoms with Crippen molar-refractivity contribution in [3.8, 4) is 0 Å². The van der Waals surface area contributed by atoms with Crippen molar-refractivity contribution in [1.82, 2.24) is 0 Å². The van der Waals surface area contributed by atoms with Gasteiger partial charge in [-0.2, -0.15) is 0 Å². The quantitative estimate of drug-likeness (QED) is 0.247.